The predicted molar refractivity (Wildman–Crippen MR) is 124 cm³/mol. The van der Waals surface area contributed by atoms with E-state index in [4.69, 9.17) is 16.3 Å². The summed E-state index contributed by atoms with van der Waals surface area (Å²) in [6.07, 6.45) is 1.61. The van der Waals surface area contributed by atoms with Crippen LogP contribution in [0.5, 0.6) is 5.75 Å². The maximum atomic E-state index is 13.2. The van der Waals surface area contributed by atoms with Crippen molar-refractivity contribution in [3.63, 3.8) is 0 Å². The van der Waals surface area contributed by atoms with Crippen LogP contribution in [0.3, 0.4) is 0 Å². The van der Waals surface area contributed by atoms with Crippen molar-refractivity contribution >= 4 is 27.5 Å². The lowest BCUT2D eigenvalue weighted by molar-refractivity contribution is 0.0942. The monoisotopic (exact) mass is 470 g/mol. The van der Waals surface area contributed by atoms with Crippen molar-refractivity contribution < 1.29 is 17.9 Å². The number of nitrogens with one attached hydrogen (secondary N) is 2. The molecule has 0 heterocycles. The van der Waals surface area contributed by atoms with Crippen molar-refractivity contribution in [2.24, 2.45) is 0 Å². The highest BCUT2D eigenvalue weighted by Crippen LogP contribution is 2.29. The van der Waals surface area contributed by atoms with Crippen LogP contribution in [0.2, 0.25) is 5.02 Å². The molecule has 0 spiro atoms. The zero-order valence-corrected chi connectivity index (χ0v) is 19.0. The lowest BCUT2D eigenvalue weighted by Crippen LogP contribution is -2.30. The molecule has 2 N–H and O–H groups in total. The van der Waals surface area contributed by atoms with E-state index in [1.165, 1.54) is 19.2 Å². The average molecular weight is 471 g/mol. The minimum atomic E-state index is -3.81. The zero-order valence-electron chi connectivity index (χ0n) is 17.4. The highest BCUT2D eigenvalue weighted by Gasteiger charge is 2.30. The molecular formula is C24H23ClN2O4S. The number of halogens is 1. The Balaban J connectivity index is 1.67. The number of sulfonamides is 1. The van der Waals surface area contributed by atoms with E-state index in [9.17, 15) is 13.2 Å². The molecule has 32 heavy (non-hydrogen) atoms. The Morgan fingerprint density at radius 1 is 1.00 bits per heavy atom. The van der Waals surface area contributed by atoms with Gasteiger partial charge in [-0.2, -0.15) is 0 Å². The smallest absolute Gasteiger partial charge is 0.252 e. The molecule has 0 radical (unpaired) electrons. The highest BCUT2D eigenvalue weighted by molar-refractivity contribution is 7.89. The van der Waals surface area contributed by atoms with E-state index in [1.54, 1.807) is 18.2 Å². The minimum Gasteiger partial charge on any atom is -0.495 e. The van der Waals surface area contributed by atoms with E-state index < -0.39 is 22.0 Å². The molecule has 0 aromatic heterocycles. The highest BCUT2D eigenvalue weighted by atomic mass is 35.5. The average Bonchev–Trinajstić information content (AvgIpc) is 3.60. The Morgan fingerprint density at radius 2 is 1.72 bits per heavy atom. The summed E-state index contributed by atoms with van der Waals surface area (Å²) in [5.41, 5.74) is 1.90. The SMILES string of the molecule is COc1ccc(C(=O)NC(c2ccccc2)c2cccc(Cl)c2)cc1S(=O)(=O)NC1CC1. The molecule has 1 atom stereocenters. The van der Waals surface area contributed by atoms with Crippen molar-refractivity contribution in [3.8, 4) is 5.75 Å². The number of amides is 1. The number of rotatable bonds is 8. The third-order valence-corrected chi connectivity index (χ3v) is 6.98. The summed E-state index contributed by atoms with van der Waals surface area (Å²) in [4.78, 5) is 13.1. The topological polar surface area (TPSA) is 84.5 Å². The van der Waals surface area contributed by atoms with Gasteiger partial charge in [0.15, 0.2) is 0 Å². The van der Waals surface area contributed by atoms with Gasteiger partial charge < -0.3 is 10.1 Å². The van der Waals surface area contributed by atoms with Gasteiger partial charge in [0.05, 0.1) is 13.2 Å². The Labute approximate surface area is 192 Å². The van der Waals surface area contributed by atoms with E-state index in [0.29, 0.717) is 5.02 Å². The van der Waals surface area contributed by atoms with Crippen LogP contribution < -0.4 is 14.8 Å². The van der Waals surface area contributed by atoms with E-state index >= 15 is 0 Å². The summed E-state index contributed by atoms with van der Waals surface area (Å²) in [6.45, 7) is 0. The van der Waals surface area contributed by atoms with Crippen LogP contribution in [0.1, 0.15) is 40.4 Å². The third kappa shape index (κ3) is 5.12. The molecular weight excluding hydrogens is 448 g/mol. The molecule has 0 aliphatic heterocycles. The summed E-state index contributed by atoms with van der Waals surface area (Å²) in [7, 11) is -2.41. The molecule has 0 saturated heterocycles. The van der Waals surface area contributed by atoms with Crippen molar-refractivity contribution in [2.45, 2.75) is 29.8 Å². The fraction of sp³-hybridized carbons (Fsp3) is 0.208. The fourth-order valence-electron chi connectivity index (χ4n) is 3.42. The van der Waals surface area contributed by atoms with Crippen LogP contribution in [-0.4, -0.2) is 27.5 Å². The van der Waals surface area contributed by atoms with Gasteiger partial charge in [-0.05, 0) is 54.3 Å². The summed E-state index contributed by atoms with van der Waals surface area (Å²) < 4.78 is 33.5. The largest absolute Gasteiger partial charge is 0.495 e. The van der Waals surface area contributed by atoms with E-state index in [0.717, 1.165) is 24.0 Å². The van der Waals surface area contributed by atoms with Crippen molar-refractivity contribution in [2.75, 3.05) is 7.11 Å². The van der Waals surface area contributed by atoms with Gasteiger partial charge in [-0.1, -0.05) is 54.1 Å². The predicted octanol–water partition coefficient (Wildman–Crippen LogP) is 4.31. The number of carbonyl (C=O) groups is 1. The first-order chi connectivity index (χ1) is 15.4. The maximum Gasteiger partial charge on any atom is 0.252 e. The van der Waals surface area contributed by atoms with Gasteiger partial charge in [-0.3, -0.25) is 4.79 Å². The molecule has 0 bridgehead atoms. The Morgan fingerprint density at radius 3 is 2.38 bits per heavy atom. The number of hydrogen-bond donors (Lipinski definition) is 2. The first-order valence-corrected chi connectivity index (χ1v) is 12.0. The van der Waals surface area contributed by atoms with E-state index in [2.05, 4.69) is 10.0 Å². The number of ether oxygens (including phenoxy) is 1. The molecule has 166 valence electrons. The van der Waals surface area contributed by atoms with Gasteiger partial charge in [-0.15, -0.1) is 0 Å². The summed E-state index contributed by atoms with van der Waals surface area (Å²) >= 11 is 6.18. The van der Waals surface area contributed by atoms with Crippen LogP contribution in [-0.2, 0) is 10.0 Å². The quantitative estimate of drug-likeness (QED) is 0.513. The van der Waals surface area contributed by atoms with Gasteiger partial charge in [-0.25, -0.2) is 13.1 Å². The van der Waals surface area contributed by atoms with Gasteiger partial charge in [0.1, 0.15) is 10.6 Å². The molecule has 3 aromatic carbocycles. The number of methoxy groups -OCH3 is 1. The van der Waals surface area contributed by atoms with Gasteiger partial charge in [0, 0.05) is 16.6 Å². The summed E-state index contributed by atoms with van der Waals surface area (Å²) in [5.74, 6) is -0.228. The van der Waals surface area contributed by atoms with Crippen molar-refractivity contribution in [3.05, 3.63) is 94.5 Å². The molecule has 1 saturated carbocycles. The second-order valence-electron chi connectivity index (χ2n) is 7.63. The van der Waals surface area contributed by atoms with Crippen LogP contribution in [0.15, 0.2) is 77.7 Å². The maximum absolute atomic E-state index is 13.2. The Bertz CT molecular complexity index is 1230. The number of carbonyl (C=O) groups excluding carboxylic acids is 1. The fourth-order valence-corrected chi connectivity index (χ4v) is 5.12. The Kier molecular flexibility index (Phi) is 6.50. The normalized spacial score (nSPS) is 14.6. The molecule has 3 aromatic rings. The second kappa shape index (κ2) is 9.32. The summed E-state index contributed by atoms with van der Waals surface area (Å²) in [6, 6.07) is 20.6. The van der Waals surface area contributed by atoms with Crippen LogP contribution in [0.4, 0.5) is 0 Å². The standard InChI is InChI=1S/C24H23ClN2O4S/c1-31-21-13-10-18(15-22(21)32(29,30)27-20-11-12-20)24(28)26-23(16-6-3-2-4-7-16)17-8-5-9-19(25)14-17/h2-10,13-15,20,23,27H,11-12H2,1H3,(H,26,28). The van der Waals surface area contributed by atoms with Crippen molar-refractivity contribution in [1.82, 2.24) is 10.0 Å². The molecule has 6 nitrogen and oxygen atoms in total. The molecule has 1 aliphatic rings. The lowest BCUT2D eigenvalue weighted by Gasteiger charge is -2.21. The van der Waals surface area contributed by atoms with Gasteiger partial charge in [0.25, 0.3) is 5.91 Å². The first-order valence-electron chi connectivity index (χ1n) is 10.2. The van der Waals surface area contributed by atoms with E-state index in [-0.39, 0.29) is 22.3 Å². The molecule has 8 heteroatoms. The van der Waals surface area contributed by atoms with Crippen molar-refractivity contribution in [1.29, 1.82) is 0 Å². The number of hydrogen-bond acceptors (Lipinski definition) is 4. The van der Waals surface area contributed by atoms with Gasteiger partial charge >= 0.3 is 0 Å². The molecule has 1 unspecified atom stereocenters. The van der Waals surface area contributed by atoms with Crippen LogP contribution in [0.25, 0.3) is 0 Å². The molecule has 1 amide bonds. The third-order valence-electron chi connectivity index (χ3n) is 5.20. The lowest BCUT2D eigenvalue weighted by atomic mass is 9.98. The Hall–Kier alpha value is -2.87. The molecule has 1 aliphatic carbocycles. The second-order valence-corrected chi connectivity index (χ2v) is 9.75. The molecule has 1 fully saturated rings. The number of benzene rings is 3. The van der Waals surface area contributed by atoms with Gasteiger partial charge in [0.2, 0.25) is 10.0 Å². The first kappa shape index (κ1) is 22.3. The molecule has 4 rings (SSSR count). The van der Waals surface area contributed by atoms with Crippen LogP contribution in [0, 0.1) is 0 Å². The minimum absolute atomic E-state index is 0.0569. The van der Waals surface area contributed by atoms with E-state index in [1.807, 2.05) is 42.5 Å². The summed E-state index contributed by atoms with van der Waals surface area (Å²) in [5, 5.41) is 3.57. The van der Waals surface area contributed by atoms with Crippen LogP contribution >= 0.6 is 11.6 Å². The zero-order chi connectivity index (χ0) is 22.7.